The summed E-state index contributed by atoms with van der Waals surface area (Å²) in [6, 6.07) is 0.248. The highest BCUT2D eigenvalue weighted by atomic mass is 35.5. The van der Waals surface area contributed by atoms with Crippen molar-refractivity contribution in [1.29, 1.82) is 0 Å². The van der Waals surface area contributed by atoms with Crippen LogP contribution in [0.3, 0.4) is 0 Å². The second kappa shape index (κ2) is 6.67. The van der Waals surface area contributed by atoms with Gasteiger partial charge in [-0.1, -0.05) is 31.4 Å². The summed E-state index contributed by atoms with van der Waals surface area (Å²) in [6.45, 7) is 4.27. The minimum Gasteiger partial charge on any atom is -0.377 e. The zero-order valence-corrected chi connectivity index (χ0v) is 14.6. The molecule has 0 amide bonds. The molecule has 1 aromatic heterocycles. The number of nitrogens with one attached hydrogen (secondary N) is 1. The van der Waals surface area contributed by atoms with Gasteiger partial charge in [0.15, 0.2) is 0 Å². The molecule has 3 atom stereocenters. The van der Waals surface area contributed by atoms with Crippen LogP contribution in [0.1, 0.15) is 44.0 Å². The summed E-state index contributed by atoms with van der Waals surface area (Å²) in [4.78, 5) is 0. The predicted molar refractivity (Wildman–Crippen MR) is 86.9 cm³/mol. The molecule has 2 rings (SSSR count). The summed E-state index contributed by atoms with van der Waals surface area (Å²) < 4.78 is 7.93. The summed E-state index contributed by atoms with van der Waals surface area (Å²) >= 11 is 6.42. The van der Waals surface area contributed by atoms with E-state index in [-0.39, 0.29) is 11.6 Å². The Morgan fingerprint density at radius 3 is 2.76 bits per heavy atom. The van der Waals surface area contributed by atoms with Crippen molar-refractivity contribution in [3.05, 3.63) is 16.4 Å². The number of likely N-dealkylation sites (N-methyl/N-ethyl adjacent to an activating group) is 1. The quantitative estimate of drug-likeness (QED) is 0.908. The molecule has 0 saturated heterocycles. The summed E-state index contributed by atoms with van der Waals surface area (Å²) in [6.07, 6.45) is 5.57. The first-order chi connectivity index (χ1) is 9.93. The highest BCUT2D eigenvalue weighted by molar-refractivity contribution is 6.31. The highest BCUT2D eigenvalue weighted by Crippen LogP contribution is 2.38. The van der Waals surface area contributed by atoms with Gasteiger partial charge in [-0.2, -0.15) is 5.10 Å². The van der Waals surface area contributed by atoms with Crippen LogP contribution in [0, 0.1) is 12.8 Å². The summed E-state index contributed by atoms with van der Waals surface area (Å²) in [5, 5.41) is 8.68. The van der Waals surface area contributed by atoms with Crippen molar-refractivity contribution < 1.29 is 4.74 Å². The fourth-order valence-electron chi connectivity index (χ4n) is 3.83. The molecule has 0 aliphatic heterocycles. The third-order valence-corrected chi connectivity index (χ3v) is 5.53. The van der Waals surface area contributed by atoms with Crippen molar-refractivity contribution in [2.75, 3.05) is 14.2 Å². The molecule has 0 bridgehead atoms. The number of hydrogen-bond acceptors (Lipinski definition) is 3. The van der Waals surface area contributed by atoms with Gasteiger partial charge in [-0.3, -0.25) is 4.68 Å². The van der Waals surface area contributed by atoms with Gasteiger partial charge in [0.25, 0.3) is 0 Å². The second-order valence-electron chi connectivity index (χ2n) is 6.49. The summed E-state index contributed by atoms with van der Waals surface area (Å²) in [5.41, 5.74) is 1.88. The standard InChI is InChI=1S/C16H28ClN3O/c1-11-7-6-8-16(10-11,21-5)14(18-3)9-13-15(17)12(2)19-20(13)4/h11,14,18H,6-10H2,1-5H3. The molecule has 0 spiro atoms. The number of halogens is 1. The zero-order chi connectivity index (χ0) is 15.6. The van der Waals surface area contributed by atoms with Crippen molar-refractivity contribution in [3.63, 3.8) is 0 Å². The molecule has 21 heavy (non-hydrogen) atoms. The lowest BCUT2D eigenvalue weighted by molar-refractivity contribution is -0.0778. The van der Waals surface area contributed by atoms with Crippen molar-refractivity contribution in [2.24, 2.45) is 13.0 Å². The molecule has 3 unspecified atom stereocenters. The summed E-state index contributed by atoms with van der Waals surface area (Å²) in [5.74, 6) is 0.707. The van der Waals surface area contributed by atoms with Crippen LogP contribution in [0.15, 0.2) is 0 Å². The van der Waals surface area contributed by atoms with Crippen LogP contribution in [-0.4, -0.2) is 35.6 Å². The summed E-state index contributed by atoms with van der Waals surface area (Å²) in [7, 11) is 5.82. The molecule has 1 aliphatic rings. The molecule has 1 fully saturated rings. The predicted octanol–water partition coefficient (Wildman–Crippen LogP) is 3.11. The average Bonchev–Trinajstić information content (AvgIpc) is 2.70. The van der Waals surface area contributed by atoms with Crippen LogP contribution in [0.2, 0.25) is 5.02 Å². The van der Waals surface area contributed by atoms with E-state index < -0.39 is 0 Å². The molecule has 4 nitrogen and oxygen atoms in total. The van der Waals surface area contributed by atoms with Crippen molar-refractivity contribution in [1.82, 2.24) is 15.1 Å². The van der Waals surface area contributed by atoms with E-state index in [1.165, 1.54) is 12.8 Å². The van der Waals surface area contributed by atoms with Gasteiger partial charge in [0.2, 0.25) is 0 Å². The van der Waals surface area contributed by atoms with Crippen LogP contribution >= 0.6 is 11.6 Å². The Morgan fingerprint density at radius 2 is 2.29 bits per heavy atom. The van der Waals surface area contributed by atoms with E-state index in [2.05, 4.69) is 17.3 Å². The Morgan fingerprint density at radius 1 is 1.57 bits per heavy atom. The van der Waals surface area contributed by atoms with E-state index in [1.807, 2.05) is 32.8 Å². The Balaban J connectivity index is 2.25. The topological polar surface area (TPSA) is 39.1 Å². The third-order valence-electron chi connectivity index (χ3n) is 5.04. The lowest BCUT2D eigenvalue weighted by Crippen LogP contribution is -2.54. The van der Waals surface area contributed by atoms with Crippen LogP contribution in [0.25, 0.3) is 0 Å². The van der Waals surface area contributed by atoms with Gasteiger partial charge in [0, 0.05) is 26.6 Å². The first kappa shape index (κ1) is 16.8. The van der Waals surface area contributed by atoms with E-state index in [0.717, 1.165) is 35.7 Å². The number of methoxy groups -OCH3 is 1. The molecule has 120 valence electrons. The normalized spacial score (nSPS) is 27.8. The fourth-order valence-corrected chi connectivity index (χ4v) is 4.07. The van der Waals surface area contributed by atoms with E-state index in [9.17, 15) is 0 Å². The average molecular weight is 314 g/mol. The van der Waals surface area contributed by atoms with Crippen molar-refractivity contribution >= 4 is 11.6 Å². The number of nitrogens with zero attached hydrogens (tertiary/aromatic N) is 2. The lowest BCUT2D eigenvalue weighted by atomic mass is 9.73. The molecule has 1 heterocycles. The van der Waals surface area contributed by atoms with Crippen LogP contribution < -0.4 is 5.32 Å². The van der Waals surface area contributed by atoms with E-state index in [0.29, 0.717) is 5.92 Å². The van der Waals surface area contributed by atoms with Crippen LogP contribution in [0.5, 0.6) is 0 Å². The molecular weight excluding hydrogens is 286 g/mol. The minimum absolute atomic E-state index is 0.103. The molecule has 0 aromatic carbocycles. The largest absolute Gasteiger partial charge is 0.377 e. The maximum absolute atomic E-state index is 6.42. The van der Waals surface area contributed by atoms with Gasteiger partial charge in [-0.15, -0.1) is 0 Å². The minimum atomic E-state index is -0.103. The molecule has 1 N–H and O–H groups in total. The lowest BCUT2D eigenvalue weighted by Gasteiger charge is -2.44. The maximum atomic E-state index is 6.42. The molecule has 5 heteroatoms. The number of ether oxygens (including phenoxy) is 1. The Bertz CT molecular complexity index is 488. The molecule has 1 aromatic rings. The number of aryl methyl sites for hydroxylation is 2. The van der Waals surface area contributed by atoms with E-state index >= 15 is 0 Å². The Labute approximate surface area is 133 Å². The van der Waals surface area contributed by atoms with E-state index in [4.69, 9.17) is 16.3 Å². The molecule has 1 aliphatic carbocycles. The van der Waals surface area contributed by atoms with Crippen LogP contribution in [0.4, 0.5) is 0 Å². The zero-order valence-electron chi connectivity index (χ0n) is 13.9. The first-order valence-corrected chi connectivity index (χ1v) is 8.21. The van der Waals surface area contributed by atoms with Gasteiger partial charge >= 0.3 is 0 Å². The van der Waals surface area contributed by atoms with Gasteiger partial charge in [0.1, 0.15) is 0 Å². The molecular formula is C16H28ClN3O. The van der Waals surface area contributed by atoms with Crippen molar-refractivity contribution in [2.45, 2.75) is 57.6 Å². The van der Waals surface area contributed by atoms with Gasteiger partial charge < -0.3 is 10.1 Å². The van der Waals surface area contributed by atoms with Crippen molar-refractivity contribution in [3.8, 4) is 0 Å². The molecule has 1 saturated carbocycles. The fraction of sp³-hybridized carbons (Fsp3) is 0.812. The Hall–Kier alpha value is -0.580. The smallest absolute Gasteiger partial charge is 0.0847 e. The third kappa shape index (κ3) is 3.27. The highest BCUT2D eigenvalue weighted by Gasteiger charge is 2.42. The second-order valence-corrected chi connectivity index (χ2v) is 6.86. The number of rotatable bonds is 5. The van der Waals surface area contributed by atoms with Gasteiger partial charge in [-0.05, 0) is 32.7 Å². The number of aromatic nitrogens is 2. The van der Waals surface area contributed by atoms with Crippen LogP contribution in [-0.2, 0) is 18.2 Å². The maximum Gasteiger partial charge on any atom is 0.0847 e. The monoisotopic (exact) mass is 313 g/mol. The molecule has 0 radical (unpaired) electrons. The number of hydrogen-bond donors (Lipinski definition) is 1. The van der Waals surface area contributed by atoms with Gasteiger partial charge in [-0.25, -0.2) is 0 Å². The Kier molecular flexibility index (Phi) is 5.33. The SMILES string of the molecule is CNC(Cc1c(Cl)c(C)nn1C)C1(OC)CCCC(C)C1. The van der Waals surface area contributed by atoms with E-state index in [1.54, 1.807) is 0 Å². The van der Waals surface area contributed by atoms with Gasteiger partial charge in [0.05, 0.1) is 22.0 Å². The first-order valence-electron chi connectivity index (χ1n) is 7.84.